The summed E-state index contributed by atoms with van der Waals surface area (Å²) in [7, 11) is 1.28. The molecule has 6 heteroatoms. The number of nitrogens with one attached hydrogen (secondary N) is 2. The third kappa shape index (κ3) is 4.24. The molecule has 1 heterocycles. The highest BCUT2D eigenvalue weighted by Crippen LogP contribution is 2.17. The van der Waals surface area contributed by atoms with Crippen LogP contribution in [0.15, 0.2) is 72.9 Å². The monoisotopic (exact) mass is 347 g/mol. The van der Waals surface area contributed by atoms with Crippen molar-refractivity contribution >= 4 is 28.9 Å². The van der Waals surface area contributed by atoms with Gasteiger partial charge in [0.1, 0.15) is 5.69 Å². The van der Waals surface area contributed by atoms with Crippen molar-refractivity contribution in [2.75, 3.05) is 17.7 Å². The quantitative estimate of drug-likeness (QED) is 0.685. The van der Waals surface area contributed by atoms with Gasteiger partial charge >= 0.3 is 5.97 Å². The fourth-order valence-corrected chi connectivity index (χ4v) is 2.32. The third-order valence-corrected chi connectivity index (χ3v) is 3.62. The average Bonchev–Trinajstić information content (AvgIpc) is 2.69. The Labute approximate surface area is 150 Å². The predicted octanol–water partition coefficient (Wildman–Crippen LogP) is 3.86. The summed E-state index contributed by atoms with van der Waals surface area (Å²) in [5, 5.41) is 5.99. The molecule has 2 aromatic carbocycles. The Kier molecular flexibility index (Phi) is 5.24. The first kappa shape index (κ1) is 17.2. The summed E-state index contributed by atoms with van der Waals surface area (Å²) in [5.74, 6) is -0.837. The van der Waals surface area contributed by atoms with Crippen LogP contribution in [-0.2, 0) is 4.74 Å². The molecule has 0 atom stereocenters. The zero-order chi connectivity index (χ0) is 18.4. The largest absolute Gasteiger partial charge is 0.464 e. The summed E-state index contributed by atoms with van der Waals surface area (Å²) in [4.78, 5) is 27.8. The number of hydrogen-bond donors (Lipinski definition) is 2. The molecule has 3 aromatic rings. The number of anilines is 3. The van der Waals surface area contributed by atoms with Crippen LogP contribution in [0, 0.1) is 0 Å². The number of methoxy groups -OCH3 is 1. The van der Waals surface area contributed by atoms with E-state index in [1.807, 2.05) is 42.5 Å². The standard InChI is InChI=1S/C20H17N3O3/c1-26-20(25)18-13-17(11-12-21-18)23-19(24)14-7-9-16(10-8-14)22-15-5-3-2-4-6-15/h2-13,22H,1H3,(H,21,23,24). The number of aromatic nitrogens is 1. The van der Waals surface area contributed by atoms with E-state index in [9.17, 15) is 9.59 Å². The molecule has 26 heavy (non-hydrogen) atoms. The lowest BCUT2D eigenvalue weighted by molar-refractivity contribution is 0.0594. The first-order valence-electron chi connectivity index (χ1n) is 7.93. The Bertz CT molecular complexity index is 909. The second kappa shape index (κ2) is 7.94. The van der Waals surface area contributed by atoms with E-state index in [4.69, 9.17) is 0 Å². The van der Waals surface area contributed by atoms with Crippen molar-refractivity contribution in [3.05, 3.63) is 84.2 Å². The number of ether oxygens (including phenoxy) is 1. The zero-order valence-electron chi connectivity index (χ0n) is 14.1. The van der Waals surface area contributed by atoms with E-state index in [-0.39, 0.29) is 11.6 Å². The molecule has 0 aliphatic heterocycles. The molecular weight excluding hydrogens is 330 g/mol. The molecule has 0 bridgehead atoms. The Morgan fingerprint density at radius 1 is 0.885 bits per heavy atom. The van der Waals surface area contributed by atoms with Gasteiger partial charge < -0.3 is 15.4 Å². The van der Waals surface area contributed by atoms with Crippen LogP contribution in [0.4, 0.5) is 17.1 Å². The van der Waals surface area contributed by atoms with Crippen LogP contribution in [0.1, 0.15) is 20.8 Å². The van der Waals surface area contributed by atoms with Crippen molar-refractivity contribution in [3.8, 4) is 0 Å². The Hall–Kier alpha value is -3.67. The van der Waals surface area contributed by atoms with Gasteiger partial charge in [0.15, 0.2) is 0 Å². The Morgan fingerprint density at radius 3 is 2.27 bits per heavy atom. The van der Waals surface area contributed by atoms with Gasteiger partial charge in [0, 0.05) is 28.8 Å². The van der Waals surface area contributed by atoms with E-state index < -0.39 is 5.97 Å². The third-order valence-electron chi connectivity index (χ3n) is 3.62. The van der Waals surface area contributed by atoms with Gasteiger partial charge in [0.2, 0.25) is 0 Å². The van der Waals surface area contributed by atoms with E-state index in [0.29, 0.717) is 11.3 Å². The number of pyridine rings is 1. The van der Waals surface area contributed by atoms with Crippen LogP contribution < -0.4 is 10.6 Å². The summed E-state index contributed by atoms with van der Waals surface area (Å²) in [6.07, 6.45) is 1.44. The second-order valence-electron chi connectivity index (χ2n) is 5.44. The fourth-order valence-electron chi connectivity index (χ4n) is 2.32. The normalized spacial score (nSPS) is 10.0. The first-order chi connectivity index (χ1) is 12.7. The summed E-state index contributed by atoms with van der Waals surface area (Å²) < 4.78 is 4.62. The second-order valence-corrected chi connectivity index (χ2v) is 5.44. The number of carbonyl (C=O) groups is 2. The predicted molar refractivity (Wildman–Crippen MR) is 99.7 cm³/mol. The highest BCUT2D eigenvalue weighted by Gasteiger charge is 2.10. The maximum absolute atomic E-state index is 12.4. The molecule has 6 nitrogen and oxygen atoms in total. The molecule has 0 unspecified atom stereocenters. The minimum atomic E-state index is -0.558. The van der Waals surface area contributed by atoms with Crippen LogP contribution in [0.25, 0.3) is 0 Å². The molecule has 0 aliphatic rings. The molecule has 0 fully saturated rings. The molecule has 130 valence electrons. The van der Waals surface area contributed by atoms with Crippen LogP contribution in [0.5, 0.6) is 0 Å². The lowest BCUT2D eigenvalue weighted by Crippen LogP contribution is -2.13. The highest BCUT2D eigenvalue weighted by atomic mass is 16.5. The van der Waals surface area contributed by atoms with E-state index in [1.165, 1.54) is 19.4 Å². The van der Waals surface area contributed by atoms with Crippen molar-refractivity contribution in [2.24, 2.45) is 0 Å². The van der Waals surface area contributed by atoms with Gasteiger partial charge in [0.25, 0.3) is 5.91 Å². The topological polar surface area (TPSA) is 80.3 Å². The minimum absolute atomic E-state index is 0.132. The highest BCUT2D eigenvalue weighted by molar-refractivity contribution is 6.04. The molecule has 1 amide bonds. The summed E-state index contributed by atoms with van der Waals surface area (Å²) >= 11 is 0. The van der Waals surface area contributed by atoms with Crippen molar-refractivity contribution in [2.45, 2.75) is 0 Å². The molecule has 2 N–H and O–H groups in total. The summed E-state index contributed by atoms with van der Waals surface area (Å²) in [5.41, 5.74) is 2.95. The van der Waals surface area contributed by atoms with Crippen LogP contribution >= 0.6 is 0 Å². The van der Waals surface area contributed by atoms with Crippen molar-refractivity contribution in [1.82, 2.24) is 4.98 Å². The summed E-state index contributed by atoms with van der Waals surface area (Å²) in [6.45, 7) is 0. The van der Waals surface area contributed by atoms with Gasteiger partial charge in [0.05, 0.1) is 7.11 Å². The number of para-hydroxylation sites is 1. The minimum Gasteiger partial charge on any atom is -0.464 e. The Balaban J connectivity index is 1.68. The number of esters is 1. The fraction of sp³-hybridized carbons (Fsp3) is 0.0500. The molecule has 0 saturated carbocycles. The number of rotatable bonds is 5. The summed E-state index contributed by atoms with van der Waals surface area (Å²) in [6, 6.07) is 19.9. The van der Waals surface area contributed by atoms with Crippen molar-refractivity contribution in [3.63, 3.8) is 0 Å². The van der Waals surface area contributed by atoms with Crippen LogP contribution in [-0.4, -0.2) is 24.0 Å². The number of carbonyl (C=O) groups excluding carboxylic acids is 2. The first-order valence-corrected chi connectivity index (χ1v) is 7.93. The van der Waals surface area contributed by atoms with E-state index in [2.05, 4.69) is 20.4 Å². The molecule has 1 aromatic heterocycles. The van der Waals surface area contributed by atoms with Gasteiger partial charge in [-0.2, -0.15) is 0 Å². The lowest BCUT2D eigenvalue weighted by atomic mass is 10.2. The zero-order valence-corrected chi connectivity index (χ0v) is 14.1. The maximum atomic E-state index is 12.4. The molecule has 0 saturated heterocycles. The van der Waals surface area contributed by atoms with Gasteiger partial charge in [-0.05, 0) is 48.5 Å². The number of amides is 1. The van der Waals surface area contributed by atoms with Crippen molar-refractivity contribution in [1.29, 1.82) is 0 Å². The number of nitrogens with zero attached hydrogens (tertiary/aromatic N) is 1. The van der Waals surface area contributed by atoms with Gasteiger partial charge in [-0.15, -0.1) is 0 Å². The lowest BCUT2D eigenvalue weighted by Gasteiger charge is -2.09. The number of hydrogen-bond acceptors (Lipinski definition) is 5. The number of benzene rings is 2. The average molecular weight is 347 g/mol. The maximum Gasteiger partial charge on any atom is 0.356 e. The van der Waals surface area contributed by atoms with Crippen LogP contribution in [0.2, 0.25) is 0 Å². The molecular formula is C20H17N3O3. The van der Waals surface area contributed by atoms with Crippen LogP contribution in [0.3, 0.4) is 0 Å². The van der Waals surface area contributed by atoms with E-state index >= 15 is 0 Å². The Morgan fingerprint density at radius 2 is 1.58 bits per heavy atom. The molecule has 3 rings (SSSR count). The van der Waals surface area contributed by atoms with Gasteiger partial charge in [-0.1, -0.05) is 18.2 Å². The smallest absolute Gasteiger partial charge is 0.356 e. The van der Waals surface area contributed by atoms with E-state index in [0.717, 1.165) is 11.4 Å². The van der Waals surface area contributed by atoms with Gasteiger partial charge in [-0.3, -0.25) is 4.79 Å². The molecule has 0 spiro atoms. The van der Waals surface area contributed by atoms with E-state index in [1.54, 1.807) is 18.2 Å². The SMILES string of the molecule is COC(=O)c1cc(NC(=O)c2ccc(Nc3ccccc3)cc2)ccn1. The van der Waals surface area contributed by atoms with Gasteiger partial charge in [-0.25, -0.2) is 9.78 Å². The molecule has 0 aliphatic carbocycles. The molecule has 0 radical (unpaired) electrons. The van der Waals surface area contributed by atoms with Crippen molar-refractivity contribution < 1.29 is 14.3 Å².